The lowest BCUT2D eigenvalue weighted by Gasteiger charge is -2.20. The monoisotopic (exact) mass is 784 g/mol. The van der Waals surface area contributed by atoms with Gasteiger partial charge in [-0.25, -0.2) is 19.0 Å². The molecule has 0 aliphatic carbocycles. The number of rotatable bonds is 6. The number of nitrogens with zero attached hydrogens (tertiary/aromatic N) is 6. The molecule has 14 nitrogen and oxygen atoms in total. The highest BCUT2D eigenvalue weighted by Gasteiger charge is 2.42. The molecular weight excluding hydrogens is 754 g/mol. The van der Waals surface area contributed by atoms with Crippen LogP contribution in [0.15, 0.2) is 73.6 Å². The number of benzene rings is 2. The zero-order valence-corrected chi connectivity index (χ0v) is 29.2. The second kappa shape index (κ2) is 13.8. The number of anilines is 2. The number of halogens is 6. The SMILES string of the molecule is C[C@@]1(CO)Cc2cc(NC(=O)c3cnn4cccnc34)c(C(F)(F)F)cc2O1.C[C@]1(CO)Cc2cc(NC(=O)c3cnn4cccnc34)c(C(F)(F)F)cc2O1. The standard InChI is InChI=1S/2C18H15F3N4O3/c2*1-17(9-26)7-10-5-13(12(18(19,20)21)6-14(10)28-17)24-16(27)11-8-23-25-4-2-3-22-15(11)25/h2*2-6,8,26H,7,9H2,1H3,(H,24,27)/t2*17-/m10/s1. The molecule has 6 heterocycles. The highest BCUT2D eigenvalue weighted by molar-refractivity contribution is 6.09. The van der Waals surface area contributed by atoms with Crippen molar-refractivity contribution in [3.63, 3.8) is 0 Å². The van der Waals surface area contributed by atoms with Gasteiger partial charge >= 0.3 is 12.4 Å². The third-order valence-electron chi connectivity index (χ3n) is 9.07. The molecule has 2 aliphatic rings. The van der Waals surface area contributed by atoms with Gasteiger partial charge in [0.1, 0.15) is 33.8 Å². The number of aliphatic hydroxyl groups is 2. The molecule has 2 aromatic carbocycles. The van der Waals surface area contributed by atoms with Crippen molar-refractivity contribution in [1.29, 1.82) is 0 Å². The van der Waals surface area contributed by atoms with E-state index in [0.717, 1.165) is 12.1 Å². The zero-order valence-electron chi connectivity index (χ0n) is 29.2. The third-order valence-corrected chi connectivity index (χ3v) is 9.07. The van der Waals surface area contributed by atoms with E-state index < -0.39 is 57.9 Å². The first-order valence-corrected chi connectivity index (χ1v) is 16.7. The van der Waals surface area contributed by atoms with Crippen LogP contribution < -0.4 is 20.1 Å². The molecule has 292 valence electrons. The van der Waals surface area contributed by atoms with E-state index in [1.54, 1.807) is 38.4 Å². The largest absolute Gasteiger partial charge is 0.485 e. The Bertz CT molecular complexity index is 2330. The van der Waals surface area contributed by atoms with Crippen LogP contribution in [-0.2, 0) is 25.2 Å². The molecule has 0 fully saturated rings. The smallest absolute Gasteiger partial charge is 0.418 e. The number of aromatic nitrogens is 6. The first kappa shape index (κ1) is 38.0. The lowest BCUT2D eigenvalue weighted by Crippen LogP contribution is -2.34. The van der Waals surface area contributed by atoms with Crippen molar-refractivity contribution in [2.45, 2.75) is 50.2 Å². The van der Waals surface area contributed by atoms with Gasteiger partial charge in [-0.1, -0.05) is 0 Å². The molecule has 0 bridgehead atoms. The second-order valence-electron chi connectivity index (χ2n) is 13.6. The second-order valence-corrected chi connectivity index (χ2v) is 13.6. The molecule has 2 atom stereocenters. The number of alkyl halides is 6. The normalized spacial score (nSPS) is 18.8. The average molecular weight is 785 g/mol. The van der Waals surface area contributed by atoms with Gasteiger partial charge in [-0.2, -0.15) is 36.5 Å². The van der Waals surface area contributed by atoms with Gasteiger partial charge in [0.05, 0.1) is 48.1 Å². The Balaban J connectivity index is 0.000000172. The molecule has 0 spiro atoms. The van der Waals surface area contributed by atoms with Crippen LogP contribution >= 0.6 is 0 Å². The highest BCUT2D eigenvalue weighted by Crippen LogP contribution is 2.45. The number of ether oxygens (including phenoxy) is 2. The van der Waals surface area contributed by atoms with Crippen LogP contribution in [0.25, 0.3) is 11.3 Å². The van der Waals surface area contributed by atoms with Gasteiger partial charge in [-0.15, -0.1) is 0 Å². The fourth-order valence-corrected chi connectivity index (χ4v) is 6.33. The predicted octanol–water partition coefficient (Wildman–Crippen LogP) is 5.37. The number of amides is 2. The number of nitrogens with one attached hydrogen (secondary N) is 2. The molecule has 0 saturated heterocycles. The van der Waals surface area contributed by atoms with Gasteiger partial charge in [-0.05, 0) is 50.2 Å². The number of carbonyl (C=O) groups excluding carboxylic acids is 2. The number of aliphatic hydroxyl groups excluding tert-OH is 2. The van der Waals surface area contributed by atoms with E-state index in [2.05, 4.69) is 30.8 Å². The quantitative estimate of drug-likeness (QED) is 0.161. The molecule has 2 amide bonds. The summed E-state index contributed by atoms with van der Waals surface area (Å²) in [6, 6.07) is 7.39. The molecule has 4 aromatic heterocycles. The van der Waals surface area contributed by atoms with Gasteiger partial charge in [0.15, 0.2) is 11.3 Å². The summed E-state index contributed by atoms with van der Waals surface area (Å²) in [5, 5.41) is 31.4. The van der Waals surface area contributed by atoms with E-state index in [-0.39, 0.29) is 60.0 Å². The van der Waals surface area contributed by atoms with E-state index in [4.69, 9.17) is 9.47 Å². The van der Waals surface area contributed by atoms with Gasteiger partial charge in [0.25, 0.3) is 11.8 Å². The number of hydrogen-bond donors (Lipinski definition) is 4. The Morgan fingerprint density at radius 2 is 1.11 bits per heavy atom. The molecule has 0 radical (unpaired) electrons. The van der Waals surface area contributed by atoms with E-state index in [0.29, 0.717) is 11.1 Å². The zero-order chi connectivity index (χ0) is 40.2. The summed E-state index contributed by atoms with van der Waals surface area (Å²) < 4.78 is 95.0. The van der Waals surface area contributed by atoms with Crippen molar-refractivity contribution in [3.8, 4) is 11.5 Å². The lowest BCUT2D eigenvalue weighted by atomic mass is 9.98. The van der Waals surface area contributed by atoms with E-state index in [9.17, 15) is 46.1 Å². The molecular formula is C36H30F6N8O6. The van der Waals surface area contributed by atoms with Crippen molar-refractivity contribution < 1.29 is 55.6 Å². The first-order chi connectivity index (χ1) is 26.4. The fraction of sp³-hybridized carbons (Fsp3) is 0.278. The van der Waals surface area contributed by atoms with Crippen LogP contribution in [0, 0.1) is 0 Å². The van der Waals surface area contributed by atoms with Gasteiger partial charge in [0, 0.05) is 48.8 Å². The van der Waals surface area contributed by atoms with Crippen LogP contribution in [0.4, 0.5) is 37.7 Å². The van der Waals surface area contributed by atoms with Crippen molar-refractivity contribution in [3.05, 3.63) is 107 Å². The third kappa shape index (κ3) is 7.27. The Labute approximate surface area is 311 Å². The Kier molecular flexibility index (Phi) is 9.36. The van der Waals surface area contributed by atoms with Crippen molar-refractivity contribution >= 4 is 34.5 Å². The Hall–Kier alpha value is -6.28. The van der Waals surface area contributed by atoms with Crippen molar-refractivity contribution in [2.75, 3.05) is 23.8 Å². The topological polar surface area (TPSA) is 178 Å². The van der Waals surface area contributed by atoms with Gasteiger partial charge < -0.3 is 30.3 Å². The van der Waals surface area contributed by atoms with Crippen LogP contribution in [0.1, 0.15) is 56.8 Å². The number of hydrogen-bond acceptors (Lipinski definition) is 10. The van der Waals surface area contributed by atoms with Gasteiger partial charge in [0.2, 0.25) is 0 Å². The van der Waals surface area contributed by atoms with E-state index >= 15 is 0 Å². The highest BCUT2D eigenvalue weighted by atomic mass is 19.4. The summed E-state index contributed by atoms with van der Waals surface area (Å²) in [4.78, 5) is 33.3. The van der Waals surface area contributed by atoms with Crippen molar-refractivity contribution in [2.24, 2.45) is 0 Å². The minimum atomic E-state index is -4.71. The maximum atomic E-state index is 13.6. The summed E-state index contributed by atoms with van der Waals surface area (Å²) in [7, 11) is 0. The summed E-state index contributed by atoms with van der Waals surface area (Å²) in [6.07, 6.45) is -0.442. The average Bonchev–Trinajstić information content (AvgIpc) is 3.92. The summed E-state index contributed by atoms with van der Waals surface area (Å²) >= 11 is 0. The molecule has 0 unspecified atom stereocenters. The van der Waals surface area contributed by atoms with Crippen LogP contribution in [0.3, 0.4) is 0 Å². The first-order valence-electron chi connectivity index (χ1n) is 16.7. The lowest BCUT2D eigenvalue weighted by molar-refractivity contribution is -0.137. The molecule has 0 saturated carbocycles. The Morgan fingerprint density at radius 1 is 0.714 bits per heavy atom. The van der Waals surface area contributed by atoms with Gasteiger partial charge in [-0.3, -0.25) is 9.59 Å². The molecule has 56 heavy (non-hydrogen) atoms. The Morgan fingerprint density at radius 3 is 1.46 bits per heavy atom. The number of carbonyl (C=O) groups is 2. The number of fused-ring (bicyclic) bond motifs is 4. The summed E-state index contributed by atoms with van der Waals surface area (Å²) in [6.45, 7) is 2.50. The minimum absolute atomic E-state index is 0.0412. The summed E-state index contributed by atoms with van der Waals surface area (Å²) in [5.41, 5.74) is -3.36. The minimum Gasteiger partial charge on any atom is -0.485 e. The molecule has 6 aromatic rings. The van der Waals surface area contributed by atoms with E-state index in [1.807, 2.05) is 0 Å². The van der Waals surface area contributed by atoms with Crippen LogP contribution in [0.5, 0.6) is 11.5 Å². The fourth-order valence-electron chi connectivity index (χ4n) is 6.33. The van der Waals surface area contributed by atoms with E-state index in [1.165, 1.54) is 46.0 Å². The van der Waals surface area contributed by atoms with Crippen LogP contribution in [-0.4, -0.2) is 75.6 Å². The molecule has 2 aliphatic heterocycles. The van der Waals surface area contributed by atoms with Crippen molar-refractivity contribution in [1.82, 2.24) is 29.2 Å². The maximum absolute atomic E-state index is 13.6. The molecule has 4 N–H and O–H groups in total. The summed E-state index contributed by atoms with van der Waals surface area (Å²) in [5.74, 6) is -1.44. The van der Waals surface area contributed by atoms with Crippen LogP contribution in [0.2, 0.25) is 0 Å². The molecule has 8 rings (SSSR count). The predicted molar refractivity (Wildman–Crippen MR) is 184 cm³/mol. The maximum Gasteiger partial charge on any atom is 0.418 e. The molecule has 20 heteroatoms.